The van der Waals surface area contributed by atoms with Crippen molar-refractivity contribution >= 4 is 11.8 Å². The standard InChI is InChI=1S/C26H26N2O4/c29-25(27-22-11-12-22)19-9-7-18(8-10-19)15-28(16-23-5-3-13-31-23)26(30)21-14-20-4-1-2-6-24(20)32-17-21/h1-10,13,21-22H,11-12,14-17H2,(H,27,29). The minimum absolute atomic E-state index is 0.0338. The van der Waals surface area contributed by atoms with E-state index in [4.69, 9.17) is 9.15 Å². The molecule has 1 aromatic heterocycles. The third-order valence-electron chi connectivity index (χ3n) is 5.97. The fourth-order valence-electron chi connectivity index (χ4n) is 4.03. The third kappa shape index (κ3) is 4.69. The number of rotatable bonds is 7. The van der Waals surface area contributed by atoms with Crippen molar-refractivity contribution in [3.05, 3.63) is 89.4 Å². The molecule has 1 saturated carbocycles. The molecule has 5 rings (SSSR count). The van der Waals surface area contributed by atoms with Gasteiger partial charge in [0.1, 0.15) is 18.1 Å². The van der Waals surface area contributed by atoms with Gasteiger partial charge in [0.15, 0.2) is 0 Å². The summed E-state index contributed by atoms with van der Waals surface area (Å²) in [6.07, 6.45) is 4.39. The van der Waals surface area contributed by atoms with Crippen molar-refractivity contribution in [2.75, 3.05) is 6.61 Å². The topological polar surface area (TPSA) is 71.8 Å². The van der Waals surface area contributed by atoms with E-state index in [1.165, 1.54) is 0 Å². The highest BCUT2D eigenvalue weighted by molar-refractivity contribution is 5.94. The van der Waals surface area contributed by atoms with Gasteiger partial charge in [-0.05, 0) is 60.7 Å². The fourth-order valence-corrected chi connectivity index (χ4v) is 4.03. The van der Waals surface area contributed by atoms with Crippen molar-refractivity contribution in [3.63, 3.8) is 0 Å². The van der Waals surface area contributed by atoms with E-state index in [0.29, 0.717) is 37.7 Å². The number of nitrogens with one attached hydrogen (secondary N) is 1. The molecule has 0 saturated heterocycles. The summed E-state index contributed by atoms with van der Waals surface area (Å²) in [4.78, 5) is 27.5. The quantitative estimate of drug-likeness (QED) is 0.616. The molecule has 2 aromatic carbocycles. The van der Waals surface area contributed by atoms with Crippen molar-refractivity contribution in [1.29, 1.82) is 0 Å². The Kier molecular flexibility index (Phi) is 5.67. The number of nitrogens with zero attached hydrogens (tertiary/aromatic N) is 1. The van der Waals surface area contributed by atoms with Crippen LogP contribution in [0, 0.1) is 5.92 Å². The lowest BCUT2D eigenvalue weighted by atomic mass is 9.95. The SMILES string of the molecule is O=C(NC1CC1)c1ccc(CN(Cc2ccco2)C(=O)C2COc3ccccc3C2)cc1. The molecule has 3 aromatic rings. The first-order valence-electron chi connectivity index (χ1n) is 11.1. The second-order valence-corrected chi connectivity index (χ2v) is 8.54. The Morgan fingerprint density at radius 2 is 1.78 bits per heavy atom. The molecule has 0 radical (unpaired) electrons. The van der Waals surface area contributed by atoms with E-state index >= 15 is 0 Å². The Labute approximate surface area is 187 Å². The molecule has 0 bridgehead atoms. The number of furan rings is 1. The Morgan fingerprint density at radius 3 is 2.53 bits per heavy atom. The molecule has 2 aliphatic rings. The van der Waals surface area contributed by atoms with Gasteiger partial charge in [0.2, 0.25) is 5.91 Å². The van der Waals surface area contributed by atoms with Crippen LogP contribution < -0.4 is 10.1 Å². The van der Waals surface area contributed by atoms with Crippen LogP contribution in [0.25, 0.3) is 0 Å². The molecule has 0 spiro atoms. The van der Waals surface area contributed by atoms with Crippen LogP contribution >= 0.6 is 0 Å². The molecule has 32 heavy (non-hydrogen) atoms. The number of benzene rings is 2. The van der Waals surface area contributed by atoms with Crippen molar-refractivity contribution in [3.8, 4) is 5.75 Å². The van der Waals surface area contributed by atoms with Crippen LogP contribution in [0.3, 0.4) is 0 Å². The first-order chi connectivity index (χ1) is 15.7. The summed E-state index contributed by atoms with van der Waals surface area (Å²) in [7, 11) is 0. The van der Waals surface area contributed by atoms with Crippen LogP contribution in [0.5, 0.6) is 5.75 Å². The van der Waals surface area contributed by atoms with E-state index in [-0.39, 0.29) is 17.7 Å². The third-order valence-corrected chi connectivity index (χ3v) is 5.97. The minimum atomic E-state index is -0.247. The second-order valence-electron chi connectivity index (χ2n) is 8.54. The maximum absolute atomic E-state index is 13.5. The van der Waals surface area contributed by atoms with Gasteiger partial charge in [-0.2, -0.15) is 0 Å². The van der Waals surface area contributed by atoms with Gasteiger partial charge in [-0.25, -0.2) is 0 Å². The number of carbonyl (C=O) groups excluding carboxylic acids is 2. The summed E-state index contributed by atoms with van der Waals surface area (Å²) < 4.78 is 11.4. The van der Waals surface area contributed by atoms with E-state index in [0.717, 1.165) is 35.5 Å². The van der Waals surface area contributed by atoms with Crippen LogP contribution in [0.4, 0.5) is 0 Å². The zero-order valence-corrected chi connectivity index (χ0v) is 17.8. The molecule has 2 amide bonds. The Morgan fingerprint density at radius 1 is 0.969 bits per heavy atom. The molecule has 1 fully saturated rings. The van der Waals surface area contributed by atoms with Gasteiger partial charge in [-0.3, -0.25) is 9.59 Å². The molecule has 164 valence electrons. The predicted octanol–water partition coefficient (Wildman–Crippen LogP) is 3.95. The average molecular weight is 431 g/mol. The van der Waals surface area contributed by atoms with Crippen molar-refractivity contribution < 1.29 is 18.7 Å². The number of hydrogen-bond donors (Lipinski definition) is 1. The minimum Gasteiger partial charge on any atom is -0.492 e. The zero-order chi connectivity index (χ0) is 21.9. The summed E-state index contributed by atoms with van der Waals surface area (Å²) in [5.41, 5.74) is 2.66. The summed E-state index contributed by atoms with van der Waals surface area (Å²) in [5, 5.41) is 3.00. The monoisotopic (exact) mass is 430 g/mol. The Balaban J connectivity index is 1.30. The van der Waals surface area contributed by atoms with E-state index < -0.39 is 0 Å². The first-order valence-corrected chi connectivity index (χ1v) is 11.1. The van der Waals surface area contributed by atoms with E-state index in [1.807, 2.05) is 60.7 Å². The van der Waals surface area contributed by atoms with E-state index in [1.54, 1.807) is 11.2 Å². The number of para-hydroxylation sites is 1. The largest absolute Gasteiger partial charge is 0.492 e. The molecular formula is C26H26N2O4. The summed E-state index contributed by atoms with van der Waals surface area (Å²) in [5.74, 6) is 1.33. The van der Waals surface area contributed by atoms with Gasteiger partial charge in [0.25, 0.3) is 5.91 Å². The maximum Gasteiger partial charge on any atom is 0.251 e. The predicted molar refractivity (Wildman–Crippen MR) is 119 cm³/mol. The van der Waals surface area contributed by atoms with E-state index in [9.17, 15) is 9.59 Å². The highest BCUT2D eigenvalue weighted by atomic mass is 16.5. The molecule has 1 aliphatic carbocycles. The van der Waals surface area contributed by atoms with Gasteiger partial charge < -0.3 is 19.4 Å². The van der Waals surface area contributed by atoms with Crippen LogP contribution in [0.1, 0.15) is 40.1 Å². The van der Waals surface area contributed by atoms with Gasteiger partial charge in [-0.1, -0.05) is 30.3 Å². The number of amides is 2. The highest BCUT2D eigenvalue weighted by Crippen LogP contribution is 2.28. The van der Waals surface area contributed by atoms with Crippen molar-refractivity contribution in [2.24, 2.45) is 5.92 Å². The molecule has 6 nitrogen and oxygen atoms in total. The van der Waals surface area contributed by atoms with Crippen LogP contribution in [-0.2, 0) is 24.3 Å². The molecular weight excluding hydrogens is 404 g/mol. The highest BCUT2D eigenvalue weighted by Gasteiger charge is 2.30. The van der Waals surface area contributed by atoms with Gasteiger partial charge >= 0.3 is 0 Å². The van der Waals surface area contributed by atoms with Gasteiger partial charge in [0.05, 0.1) is 18.7 Å². The zero-order valence-electron chi connectivity index (χ0n) is 17.8. The summed E-state index contributed by atoms with van der Waals surface area (Å²) >= 11 is 0. The van der Waals surface area contributed by atoms with E-state index in [2.05, 4.69) is 5.32 Å². The van der Waals surface area contributed by atoms with Crippen molar-refractivity contribution in [1.82, 2.24) is 10.2 Å². The molecule has 6 heteroatoms. The molecule has 1 aliphatic heterocycles. The molecule has 1 atom stereocenters. The van der Waals surface area contributed by atoms with Crippen LogP contribution in [-0.4, -0.2) is 29.4 Å². The van der Waals surface area contributed by atoms with Crippen LogP contribution in [0.15, 0.2) is 71.3 Å². The number of ether oxygens (including phenoxy) is 1. The smallest absolute Gasteiger partial charge is 0.251 e. The van der Waals surface area contributed by atoms with Gasteiger partial charge in [-0.15, -0.1) is 0 Å². The summed E-state index contributed by atoms with van der Waals surface area (Å²) in [6, 6.07) is 19.4. The van der Waals surface area contributed by atoms with Crippen LogP contribution in [0.2, 0.25) is 0 Å². The van der Waals surface area contributed by atoms with Gasteiger partial charge in [0, 0.05) is 18.2 Å². The Hall–Kier alpha value is -3.54. The molecule has 2 heterocycles. The lowest BCUT2D eigenvalue weighted by Crippen LogP contribution is -2.40. The number of carbonyl (C=O) groups is 2. The van der Waals surface area contributed by atoms with Crippen molar-refractivity contribution in [2.45, 2.75) is 38.4 Å². The lowest BCUT2D eigenvalue weighted by molar-refractivity contribution is -0.138. The fraction of sp³-hybridized carbons (Fsp3) is 0.308. The maximum atomic E-state index is 13.5. The number of hydrogen-bond acceptors (Lipinski definition) is 4. The number of fused-ring (bicyclic) bond motifs is 1. The second kappa shape index (κ2) is 8.91. The molecule has 1 N–H and O–H groups in total. The Bertz CT molecular complexity index is 1090. The molecule has 1 unspecified atom stereocenters. The summed E-state index contributed by atoms with van der Waals surface area (Å²) in [6.45, 7) is 1.18. The first kappa shape index (κ1) is 20.4. The lowest BCUT2D eigenvalue weighted by Gasteiger charge is -2.30. The normalized spacial score (nSPS) is 17.2. The average Bonchev–Trinajstić information content (AvgIpc) is 3.49.